The summed E-state index contributed by atoms with van der Waals surface area (Å²) < 4.78 is 0. The van der Waals surface area contributed by atoms with Crippen LogP contribution in [0.15, 0.2) is 0 Å². The van der Waals surface area contributed by atoms with Gasteiger partial charge in [-0.3, -0.25) is 4.79 Å². The Labute approximate surface area is 153 Å². The normalized spacial score (nSPS) is 24.6. The van der Waals surface area contributed by atoms with Gasteiger partial charge in [-0.2, -0.15) is 0 Å². The van der Waals surface area contributed by atoms with E-state index in [9.17, 15) is 55.9 Å². The molecule has 0 aliphatic rings. The van der Waals surface area contributed by atoms with Gasteiger partial charge in [0.05, 0.1) is 31.3 Å². The van der Waals surface area contributed by atoms with Gasteiger partial charge < -0.3 is 61.3 Å². The average Bonchev–Trinajstić information content (AvgIpc) is 2.68. The molecule has 12 N–H and O–H groups in total. The second kappa shape index (κ2) is 11.9. The quantitative estimate of drug-likeness (QED) is 0.136. The highest BCUT2D eigenvalue weighted by Crippen LogP contribution is 2.21. The number of aliphatic hydroxyl groups is 12. The van der Waals surface area contributed by atoms with Crippen molar-refractivity contribution in [2.75, 3.05) is 13.2 Å². The first-order valence-electron chi connectivity index (χ1n) is 7.86. The molecule has 27 heavy (non-hydrogen) atoms. The van der Waals surface area contributed by atoms with Crippen LogP contribution in [0.5, 0.6) is 0 Å². The predicted octanol–water partition coefficient (Wildman–Crippen LogP) is -7.69. The standard InChI is InChI=1S/C14H27O13/c15-1-4(7(20)11(24)13(26)9(22)5(18)2-16)8(21)12(25)14(27)10(23)6(19)3-17/h4-14,16-27H,2-3H2/t4?,5-,6-,7?,8?,9-,10-,11+,12+,13+,14+/m1/s1. The van der Waals surface area contributed by atoms with Gasteiger partial charge in [0.25, 0.3) is 0 Å². The van der Waals surface area contributed by atoms with E-state index in [1.54, 1.807) is 0 Å². The van der Waals surface area contributed by atoms with Gasteiger partial charge in [-0.25, -0.2) is 0 Å². The first-order valence-corrected chi connectivity index (χ1v) is 7.86. The van der Waals surface area contributed by atoms with Gasteiger partial charge >= 0.3 is 0 Å². The summed E-state index contributed by atoms with van der Waals surface area (Å²) in [5.74, 6) is -2.18. The molecule has 0 rings (SSSR count). The molecule has 10 atom stereocenters. The first-order chi connectivity index (χ1) is 12.5. The lowest BCUT2D eigenvalue weighted by atomic mass is 9.84. The van der Waals surface area contributed by atoms with Gasteiger partial charge in [0.15, 0.2) is 0 Å². The lowest BCUT2D eigenvalue weighted by Gasteiger charge is -2.35. The monoisotopic (exact) mass is 403 g/mol. The highest BCUT2D eigenvalue weighted by Gasteiger charge is 2.44. The minimum absolute atomic E-state index is 1.01. The van der Waals surface area contributed by atoms with Gasteiger partial charge in [-0.1, -0.05) is 0 Å². The Morgan fingerprint density at radius 1 is 0.481 bits per heavy atom. The molecule has 0 saturated carbocycles. The largest absolute Gasteiger partial charge is 0.394 e. The third-order valence-electron chi connectivity index (χ3n) is 4.13. The fourth-order valence-electron chi connectivity index (χ4n) is 2.25. The minimum atomic E-state index is -2.38. The summed E-state index contributed by atoms with van der Waals surface area (Å²) in [7, 11) is 0. The van der Waals surface area contributed by atoms with Crippen molar-refractivity contribution in [2.24, 2.45) is 5.92 Å². The molecule has 0 amide bonds. The molecule has 0 saturated heterocycles. The van der Waals surface area contributed by atoms with Crippen molar-refractivity contribution < 1.29 is 66.1 Å². The molecule has 0 aromatic rings. The van der Waals surface area contributed by atoms with E-state index in [1.165, 1.54) is 0 Å². The minimum Gasteiger partial charge on any atom is -0.394 e. The molecular formula is C14H27O13. The fraction of sp³-hybridized carbons (Fsp3) is 0.929. The lowest BCUT2D eigenvalue weighted by molar-refractivity contribution is -0.171. The van der Waals surface area contributed by atoms with Gasteiger partial charge in [0.1, 0.15) is 48.8 Å². The average molecular weight is 403 g/mol. The van der Waals surface area contributed by atoms with Gasteiger partial charge in [0.2, 0.25) is 6.29 Å². The lowest BCUT2D eigenvalue weighted by Crippen LogP contribution is -2.57. The second-order valence-electron chi connectivity index (χ2n) is 6.07. The van der Waals surface area contributed by atoms with Crippen LogP contribution in [-0.2, 0) is 4.79 Å². The van der Waals surface area contributed by atoms with E-state index < -0.39 is 80.2 Å². The molecular weight excluding hydrogens is 376 g/mol. The van der Waals surface area contributed by atoms with E-state index in [0.29, 0.717) is 0 Å². The fourth-order valence-corrected chi connectivity index (χ4v) is 2.25. The smallest absolute Gasteiger partial charge is 0.207 e. The second-order valence-corrected chi connectivity index (χ2v) is 6.07. The van der Waals surface area contributed by atoms with Crippen molar-refractivity contribution in [3.8, 4) is 0 Å². The maximum atomic E-state index is 11.0. The number of hydrogen-bond acceptors (Lipinski definition) is 13. The van der Waals surface area contributed by atoms with E-state index in [2.05, 4.69) is 0 Å². The molecule has 0 spiro atoms. The van der Waals surface area contributed by atoms with Crippen molar-refractivity contribution in [3.05, 3.63) is 0 Å². The summed E-state index contributed by atoms with van der Waals surface area (Å²) in [4.78, 5) is 11.0. The molecule has 1 radical (unpaired) electrons. The van der Waals surface area contributed by atoms with Crippen LogP contribution < -0.4 is 0 Å². The number of carbonyl (C=O) groups excluding carboxylic acids is 1. The molecule has 0 bridgehead atoms. The van der Waals surface area contributed by atoms with Gasteiger partial charge in [-0.15, -0.1) is 0 Å². The maximum absolute atomic E-state index is 11.0. The third-order valence-corrected chi connectivity index (χ3v) is 4.13. The van der Waals surface area contributed by atoms with Crippen LogP contribution in [0.2, 0.25) is 0 Å². The van der Waals surface area contributed by atoms with Crippen LogP contribution in [-0.4, -0.2) is 142 Å². The van der Waals surface area contributed by atoms with Crippen molar-refractivity contribution in [2.45, 2.75) is 61.0 Å². The first kappa shape index (κ1) is 26.2. The molecule has 161 valence electrons. The van der Waals surface area contributed by atoms with E-state index in [0.717, 1.165) is 6.29 Å². The topological polar surface area (TPSA) is 260 Å². The molecule has 0 aliphatic carbocycles. The highest BCUT2D eigenvalue weighted by molar-refractivity contribution is 5.57. The number of hydrogen-bond donors (Lipinski definition) is 12. The number of aliphatic hydroxyl groups excluding tert-OH is 12. The molecule has 0 aromatic carbocycles. The summed E-state index contributed by atoms with van der Waals surface area (Å²) in [6.07, 6.45) is -21.2. The summed E-state index contributed by atoms with van der Waals surface area (Å²) in [6.45, 7) is -2.02. The summed E-state index contributed by atoms with van der Waals surface area (Å²) in [5, 5.41) is 114. The van der Waals surface area contributed by atoms with Crippen molar-refractivity contribution in [3.63, 3.8) is 0 Å². The van der Waals surface area contributed by atoms with Crippen LogP contribution in [0.25, 0.3) is 0 Å². The Hall–Kier alpha value is -0.810. The summed E-state index contributed by atoms with van der Waals surface area (Å²) in [6, 6.07) is 0. The zero-order valence-electron chi connectivity index (χ0n) is 14.0. The van der Waals surface area contributed by atoms with E-state index in [-0.39, 0.29) is 0 Å². The SMILES string of the molecule is O=[C]C(C(O)[C@H](O)[C@@H](O)[C@H](O)[C@H](O)CO)C(O)[C@H](O)[C@@H](O)[C@H](O)[C@H](O)CO. The van der Waals surface area contributed by atoms with Crippen LogP contribution in [0.4, 0.5) is 0 Å². The Morgan fingerprint density at radius 3 is 0.963 bits per heavy atom. The molecule has 2 unspecified atom stereocenters. The maximum Gasteiger partial charge on any atom is 0.207 e. The molecule has 13 heteroatoms. The molecule has 0 heterocycles. The Morgan fingerprint density at radius 2 is 0.741 bits per heavy atom. The Balaban J connectivity index is 5.23. The van der Waals surface area contributed by atoms with Crippen LogP contribution in [0.3, 0.4) is 0 Å². The molecule has 0 fully saturated rings. The molecule has 0 aliphatic heterocycles. The van der Waals surface area contributed by atoms with E-state index in [1.807, 2.05) is 0 Å². The molecule has 0 aromatic heterocycles. The van der Waals surface area contributed by atoms with Crippen LogP contribution >= 0.6 is 0 Å². The third kappa shape index (κ3) is 6.63. The van der Waals surface area contributed by atoms with E-state index >= 15 is 0 Å². The van der Waals surface area contributed by atoms with Crippen molar-refractivity contribution in [1.82, 2.24) is 0 Å². The van der Waals surface area contributed by atoms with Crippen LogP contribution in [0, 0.1) is 5.92 Å². The highest BCUT2D eigenvalue weighted by atomic mass is 16.4. The van der Waals surface area contributed by atoms with Crippen LogP contribution in [0.1, 0.15) is 0 Å². The van der Waals surface area contributed by atoms with Crippen molar-refractivity contribution in [1.29, 1.82) is 0 Å². The Kier molecular flexibility index (Phi) is 11.5. The number of rotatable bonds is 13. The Bertz CT molecular complexity index is 390. The zero-order chi connectivity index (χ0) is 21.5. The van der Waals surface area contributed by atoms with Gasteiger partial charge in [-0.05, 0) is 0 Å². The van der Waals surface area contributed by atoms with Crippen molar-refractivity contribution >= 4 is 6.29 Å². The summed E-state index contributed by atoms with van der Waals surface area (Å²) >= 11 is 0. The molecule has 13 nitrogen and oxygen atoms in total. The predicted molar refractivity (Wildman–Crippen MR) is 83.4 cm³/mol. The van der Waals surface area contributed by atoms with E-state index in [4.69, 9.17) is 10.2 Å². The zero-order valence-corrected chi connectivity index (χ0v) is 14.0. The van der Waals surface area contributed by atoms with Gasteiger partial charge in [0, 0.05) is 0 Å². The summed E-state index contributed by atoms with van der Waals surface area (Å²) in [5.41, 5.74) is 0.